The van der Waals surface area contributed by atoms with Crippen LogP contribution in [0.1, 0.15) is 96.3 Å². The van der Waals surface area contributed by atoms with Crippen molar-refractivity contribution in [1.29, 1.82) is 0 Å². The summed E-state index contributed by atoms with van der Waals surface area (Å²) in [6, 6.07) is -0.797. The number of rotatable bonds is 7. The van der Waals surface area contributed by atoms with Crippen molar-refractivity contribution in [2.24, 2.45) is 5.92 Å². The first kappa shape index (κ1) is 24.5. The van der Waals surface area contributed by atoms with E-state index in [0.717, 1.165) is 37.9 Å². The molecular weight excluding hydrogens is 438 g/mol. The molecule has 0 bridgehead atoms. The molecule has 0 aromatic carbocycles. The lowest BCUT2D eigenvalue weighted by atomic mass is 9.99. The molecule has 188 valence electrons. The number of carbonyl (C=O) groups is 3. The van der Waals surface area contributed by atoms with E-state index in [2.05, 4.69) is 22.4 Å². The zero-order valence-electron chi connectivity index (χ0n) is 20.7. The van der Waals surface area contributed by atoms with Gasteiger partial charge in [0, 0.05) is 38.4 Å². The summed E-state index contributed by atoms with van der Waals surface area (Å²) in [5, 5.41) is 6.94. The average molecular weight is 476 g/mol. The molecule has 4 rings (SSSR count). The fourth-order valence-corrected chi connectivity index (χ4v) is 4.72. The van der Waals surface area contributed by atoms with Crippen LogP contribution in [0, 0.1) is 5.92 Å². The Morgan fingerprint density at radius 3 is 2.71 bits per heavy atom. The van der Waals surface area contributed by atoms with Crippen LogP contribution >= 0.6 is 0 Å². The lowest BCUT2D eigenvalue weighted by Crippen LogP contribution is -2.51. The van der Waals surface area contributed by atoms with Crippen molar-refractivity contribution in [3.05, 3.63) is 11.7 Å². The number of nitrogens with zero attached hydrogens (tertiary/aromatic N) is 4. The minimum Gasteiger partial charge on any atom is -0.444 e. The summed E-state index contributed by atoms with van der Waals surface area (Å²) >= 11 is 0. The van der Waals surface area contributed by atoms with Crippen molar-refractivity contribution in [1.82, 2.24) is 25.3 Å². The van der Waals surface area contributed by atoms with Crippen LogP contribution in [0.5, 0.6) is 0 Å². The number of ether oxygens (including phenoxy) is 1. The third-order valence-corrected chi connectivity index (χ3v) is 6.58. The van der Waals surface area contributed by atoms with Crippen molar-refractivity contribution in [3.8, 4) is 0 Å². The number of piperidine rings is 1. The lowest BCUT2D eigenvalue weighted by Gasteiger charge is -2.34. The van der Waals surface area contributed by atoms with Crippen LogP contribution in [0.2, 0.25) is 0 Å². The Morgan fingerprint density at radius 1 is 1.24 bits per heavy atom. The molecule has 1 N–H and O–H groups in total. The second-order valence-electron chi connectivity index (χ2n) is 11.0. The number of hydrogen-bond acceptors (Lipinski definition) is 7. The van der Waals surface area contributed by atoms with Crippen LogP contribution in [-0.2, 0) is 14.3 Å². The highest BCUT2D eigenvalue weighted by Gasteiger charge is 2.37. The number of nitrogens with one attached hydrogen (secondary N) is 1. The van der Waals surface area contributed by atoms with Gasteiger partial charge in [0.15, 0.2) is 5.82 Å². The van der Waals surface area contributed by atoms with Gasteiger partial charge in [-0.15, -0.1) is 0 Å². The maximum Gasteiger partial charge on any atom is 0.407 e. The first-order valence-corrected chi connectivity index (χ1v) is 12.5. The standard InChI is InChI=1S/C24H37N5O5/c1-15-7-10-19(30)28(13-15)14-17(25-23(32)33-24(2,3)4)12-20(31)29-11-5-6-18(29)22-26-21(27-34-22)16-8-9-16/h15-18H,5-14H2,1-4H3,(H,25,32)/t15-,17+,18+/m1/s1. The second kappa shape index (κ2) is 9.92. The summed E-state index contributed by atoms with van der Waals surface area (Å²) < 4.78 is 10.9. The molecule has 10 heteroatoms. The van der Waals surface area contributed by atoms with Crippen molar-refractivity contribution in [2.45, 2.75) is 96.2 Å². The molecule has 2 aliphatic heterocycles. The van der Waals surface area contributed by atoms with Gasteiger partial charge in [0.1, 0.15) is 11.6 Å². The molecule has 3 fully saturated rings. The zero-order valence-corrected chi connectivity index (χ0v) is 20.7. The summed E-state index contributed by atoms with van der Waals surface area (Å²) in [6.45, 7) is 8.98. The SMILES string of the molecule is C[C@@H]1CCC(=O)N(C[C@H](CC(=O)N2CCC[C@H]2c2nc(C3CC3)no2)NC(=O)OC(C)(C)C)C1. The van der Waals surface area contributed by atoms with Gasteiger partial charge in [-0.1, -0.05) is 12.1 Å². The Hall–Kier alpha value is -2.65. The Bertz CT molecular complexity index is 906. The van der Waals surface area contributed by atoms with Crippen LogP contribution in [0.4, 0.5) is 4.79 Å². The molecule has 1 aromatic rings. The first-order valence-electron chi connectivity index (χ1n) is 12.5. The third kappa shape index (κ3) is 6.27. The highest BCUT2D eigenvalue weighted by molar-refractivity contribution is 5.80. The van der Waals surface area contributed by atoms with E-state index in [1.807, 2.05) is 0 Å². The molecule has 1 aliphatic carbocycles. The molecule has 34 heavy (non-hydrogen) atoms. The molecule has 3 aliphatic rings. The van der Waals surface area contributed by atoms with Crippen molar-refractivity contribution >= 4 is 17.9 Å². The van der Waals surface area contributed by atoms with E-state index >= 15 is 0 Å². The topological polar surface area (TPSA) is 118 Å². The Balaban J connectivity index is 1.44. The van der Waals surface area contributed by atoms with Crippen LogP contribution < -0.4 is 5.32 Å². The molecule has 3 heterocycles. The molecule has 2 saturated heterocycles. The molecule has 1 saturated carbocycles. The summed E-state index contributed by atoms with van der Waals surface area (Å²) in [5.41, 5.74) is -0.661. The number of hydrogen-bond donors (Lipinski definition) is 1. The Morgan fingerprint density at radius 2 is 2.00 bits per heavy atom. The molecule has 3 atom stereocenters. The van der Waals surface area contributed by atoms with Crippen molar-refractivity contribution < 1.29 is 23.6 Å². The van der Waals surface area contributed by atoms with Crippen molar-refractivity contribution in [3.63, 3.8) is 0 Å². The summed E-state index contributed by atoms with van der Waals surface area (Å²) in [5.74, 6) is 1.94. The largest absolute Gasteiger partial charge is 0.444 e. The van der Waals surface area contributed by atoms with Gasteiger partial charge in [-0.2, -0.15) is 4.98 Å². The lowest BCUT2D eigenvalue weighted by molar-refractivity contribution is -0.137. The highest BCUT2D eigenvalue weighted by Crippen LogP contribution is 2.40. The number of likely N-dealkylation sites (tertiary alicyclic amines) is 2. The van der Waals surface area contributed by atoms with Crippen LogP contribution in [-0.4, -0.2) is 69.1 Å². The second-order valence-corrected chi connectivity index (χ2v) is 11.0. The quantitative estimate of drug-likeness (QED) is 0.643. The molecule has 3 amide bonds. The summed E-state index contributed by atoms with van der Waals surface area (Å²) in [6.07, 6.45) is 4.61. The van der Waals surface area contributed by atoms with E-state index in [0.29, 0.717) is 37.2 Å². The Labute approximate surface area is 200 Å². The molecular formula is C24H37N5O5. The van der Waals surface area contributed by atoms with Gasteiger partial charge in [0.05, 0.1) is 6.04 Å². The van der Waals surface area contributed by atoms with E-state index in [1.165, 1.54) is 0 Å². The molecule has 0 spiro atoms. The first-order chi connectivity index (χ1) is 16.1. The van der Waals surface area contributed by atoms with Gasteiger partial charge in [-0.25, -0.2) is 4.79 Å². The van der Waals surface area contributed by atoms with Crippen LogP contribution in [0.25, 0.3) is 0 Å². The molecule has 0 unspecified atom stereocenters. The van der Waals surface area contributed by atoms with Gasteiger partial charge in [-0.3, -0.25) is 9.59 Å². The van der Waals surface area contributed by atoms with Crippen molar-refractivity contribution in [2.75, 3.05) is 19.6 Å². The zero-order chi connectivity index (χ0) is 24.5. The average Bonchev–Trinajstić information content (AvgIpc) is 3.26. The van der Waals surface area contributed by atoms with E-state index < -0.39 is 17.7 Å². The number of aromatic nitrogens is 2. The fourth-order valence-electron chi connectivity index (χ4n) is 4.72. The Kier molecular flexibility index (Phi) is 7.14. The monoisotopic (exact) mass is 475 g/mol. The maximum atomic E-state index is 13.4. The number of alkyl carbamates (subject to hydrolysis) is 1. The van der Waals surface area contributed by atoms with E-state index in [1.54, 1.807) is 30.6 Å². The van der Waals surface area contributed by atoms with E-state index in [4.69, 9.17) is 9.26 Å². The smallest absolute Gasteiger partial charge is 0.407 e. The molecule has 1 aromatic heterocycles. The van der Waals surface area contributed by atoms with Gasteiger partial charge >= 0.3 is 6.09 Å². The molecule has 0 radical (unpaired) electrons. The minimum atomic E-state index is -0.661. The van der Waals surface area contributed by atoms with Crippen LogP contribution in [0.15, 0.2) is 4.52 Å². The normalized spacial score (nSPS) is 24.3. The molecule has 10 nitrogen and oxygen atoms in total. The number of carbonyl (C=O) groups excluding carboxylic acids is 3. The van der Waals surface area contributed by atoms with Gasteiger partial charge in [-0.05, 0) is 58.8 Å². The van der Waals surface area contributed by atoms with Gasteiger partial charge in [0.2, 0.25) is 17.7 Å². The summed E-state index contributed by atoms with van der Waals surface area (Å²) in [4.78, 5) is 46.5. The predicted octanol–water partition coefficient (Wildman–Crippen LogP) is 3.15. The minimum absolute atomic E-state index is 0.0547. The maximum absolute atomic E-state index is 13.4. The van der Waals surface area contributed by atoms with Crippen LogP contribution in [0.3, 0.4) is 0 Å². The van der Waals surface area contributed by atoms with Gasteiger partial charge in [0.25, 0.3) is 0 Å². The third-order valence-electron chi connectivity index (χ3n) is 6.58. The number of amides is 3. The van der Waals surface area contributed by atoms with Gasteiger partial charge < -0.3 is 24.4 Å². The van der Waals surface area contributed by atoms with E-state index in [9.17, 15) is 14.4 Å². The predicted molar refractivity (Wildman–Crippen MR) is 123 cm³/mol. The van der Waals surface area contributed by atoms with E-state index in [-0.39, 0.29) is 30.8 Å². The summed E-state index contributed by atoms with van der Waals surface area (Å²) in [7, 11) is 0. The fraction of sp³-hybridized carbons (Fsp3) is 0.792. The highest BCUT2D eigenvalue weighted by atomic mass is 16.6.